The molecule has 0 aliphatic heterocycles. The van der Waals surface area contributed by atoms with Crippen LogP contribution in [-0.4, -0.2) is 5.78 Å². The van der Waals surface area contributed by atoms with Crippen LogP contribution in [0.5, 0.6) is 0 Å². The van der Waals surface area contributed by atoms with Crippen molar-refractivity contribution in [1.29, 1.82) is 0 Å². The lowest BCUT2D eigenvalue weighted by Crippen LogP contribution is -2.41. The van der Waals surface area contributed by atoms with Gasteiger partial charge < -0.3 is 0 Å². The van der Waals surface area contributed by atoms with Crippen LogP contribution >= 0.6 is 0 Å². The average Bonchev–Trinajstić information content (AvgIpc) is 2.95. The third-order valence-electron chi connectivity index (χ3n) is 7.77. The normalized spacial score (nSPS) is 38.5. The van der Waals surface area contributed by atoms with Gasteiger partial charge in [-0.15, -0.1) is 0 Å². The second kappa shape index (κ2) is 6.46. The predicted molar refractivity (Wildman–Crippen MR) is 99.8 cm³/mol. The van der Waals surface area contributed by atoms with Gasteiger partial charge in [0.2, 0.25) is 0 Å². The number of ketones is 1. The highest BCUT2D eigenvalue weighted by molar-refractivity contribution is 5.93. The van der Waals surface area contributed by atoms with Crippen molar-refractivity contribution in [3.8, 4) is 0 Å². The molecule has 2 saturated carbocycles. The summed E-state index contributed by atoms with van der Waals surface area (Å²) in [6, 6.07) is 0. The van der Waals surface area contributed by atoms with Gasteiger partial charge in [-0.3, -0.25) is 4.79 Å². The Labute approximate surface area is 148 Å². The number of hydrogen-bond donors (Lipinski definition) is 0. The van der Waals surface area contributed by atoms with Crippen molar-refractivity contribution in [2.45, 2.75) is 90.9 Å². The highest BCUT2D eigenvalue weighted by Gasteiger charge is 2.51. The molecule has 0 heterocycles. The fourth-order valence-corrected chi connectivity index (χ4v) is 6.74. The Kier molecular flexibility index (Phi) is 4.47. The maximum Gasteiger partial charge on any atom is 0.156 e. The molecule has 4 rings (SSSR count). The molecule has 0 spiro atoms. The monoisotopic (exact) mass is 326 g/mol. The van der Waals surface area contributed by atoms with Gasteiger partial charge in [0.25, 0.3) is 0 Å². The molecule has 0 N–H and O–H groups in total. The van der Waals surface area contributed by atoms with Gasteiger partial charge in [0.15, 0.2) is 5.78 Å². The zero-order valence-electron chi connectivity index (χ0n) is 15.7. The lowest BCUT2D eigenvalue weighted by molar-refractivity contribution is -0.114. The first-order valence-electron chi connectivity index (χ1n) is 10.6. The standard InChI is InChI=1S/C23H34O/c1-3-4-5-7-17-15-23(2)13-6-8-21(23)20-11-9-16-14-18(24)10-12-19(16)22(17)20/h14,17,20-21H,3-13,15H2,1-2H3/t17-,20-,21-,23-/m0/s1. The van der Waals surface area contributed by atoms with Gasteiger partial charge in [-0.05, 0) is 85.3 Å². The molecule has 0 aromatic rings. The van der Waals surface area contributed by atoms with Gasteiger partial charge in [-0.25, -0.2) is 0 Å². The van der Waals surface area contributed by atoms with Gasteiger partial charge >= 0.3 is 0 Å². The quantitative estimate of drug-likeness (QED) is 0.547. The van der Waals surface area contributed by atoms with E-state index < -0.39 is 0 Å². The lowest BCUT2D eigenvalue weighted by Gasteiger charge is -2.51. The van der Waals surface area contributed by atoms with Gasteiger partial charge in [0, 0.05) is 6.42 Å². The minimum atomic E-state index is 0.372. The van der Waals surface area contributed by atoms with E-state index in [9.17, 15) is 4.79 Å². The summed E-state index contributed by atoms with van der Waals surface area (Å²) in [6.45, 7) is 4.92. The Morgan fingerprint density at radius 3 is 2.88 bits per heavy atom. The van der Waals surface area contributed by atoms with Crippen LogP contribution in [0.25, 0.3) is 0 Å². The fraction of sp³-hybridized carbons (Fsp3) is 0.783. The molecule has 24 heavy (non-hydrogen) atoms. The number of hydrogen-bond acceptors (Lipinski definition) is 1. The van der Waals surface area contributed by atoms with Crippen LogP contribution in [0.4, 0.5) is 0 Å². The molecule has 1 heteroatoms. The van der Waals surface area contributed by atoms with Crippen LogP contribution < -0.4 is 0 Å². The average molecular weight is 327 g/mol. The fourth-order valence-electron chi connectivity index (χ4n) is 6.74. The lowest BCUT2D eigenvalue weighted by atomic mass is 9.54. The summed E-state index contributed by atoms with van der Waals surface area (Å²) in [5.74, 6) is 2.96. The van der Waals surface area contributed by atoms with Gasteiger partial charge in [-0.2, -0.15) is 0 Å². The number of carbonyl (C=O) groups excluding carboxylic acids is 1. The smallest absolute Gasteiger partial charge is 0.156 e. The van der Waals surface area contributed by atoms with Crippen molar-refractivity contribution in [2.75, 3.05) is 0 Å². The Bertz CT molecular complexity index is 581. The Morgan fingerprint density at radius 2 is 2.04 bits per heavy atom. The molecule has 0 radical (unpaired) electrons. The third kappa shape index (κ3) is 2.72. The Balaban J connectivity index is 1.71. The van der Waals surface area contributed by atoms with E-state index >= 15 is 0 Å². The summed E-state index contributed by atoms with van der Waals surface area (Å²) < 4.78 is 0. The molecule has 0 saturated heterocycles. The van der Waals surface area contributed by atoms with Crippen LogP contribution in [0, 0.1) is 23.2 Å². The molecule has 0 amide bonds. The third-order valence-corrected chi connectivity index (χ3v) is 7.77. The van der Waals surface area contributed by atoms with Crippen molar-refractivity contribution in [1.82, 2.24) is 0 Å². The minimum Gasteiger partial charge on any atom is -0.295 e. The number of unbranched alkanes of at least 4 members (excludes halogenated alkanes) is 2. The Hall–Kier alpha value is -0.850. The van der Waals surface area contributed by atoms with E-state index in [1.807, 2.05) is 11.6 Å². The molecule has 0 aromatic carbocycles. The predicted octanol–water partition coefficient (Wildman–Crippen LogP) is 6.39. The van der Waals surface area contributed by atoms with Crippen LogP contribution in [0.1, 0.15) is 90.9 Å². The zero-order valence-corrected chi connectivity index (χ0v) is 15.7. The molecular formula is C23H34O. The molecule has 4 aliphatic rings. The van der Waals surface area contributed by atoms with Crippen molar-refractivity contribution in [3.63, 3.8) is 0 Å². The first-order valence-corrected chi connectivity index (χ1v) is 10.6. The molecular weight excluding hydrogens is 292 g/mol. The maximum absolute atomic E-state index is 11.9. The van der Waals surface area contributed by atoms with E-state index in [0.29, 0.717) is 11.2 Å². The summed E-state index contributed by atoms with van der Waals surface area (Å²) >= 11 is 0. The van der Waals surface area contributed by atoms with Gasteiger partial charge in [0.05, 0.1) is 0 Å². The van der Waals surface area contributed by atoms with E-state index in [2.05, 4.69) is 13.8 Å². The molecule has 0 unspecified atom stereocenters. The molecule has 4 aliphatic carbocycles. The van der Waals surface area contributed by atoms with E-state index in [4.69, 9.17) is 0 Å². The first kappa shape index (κ1) is 16.6. The van der Waals surface area contributed by atoms with E-state index in [1.165, 1.54) is 69.8 Å². The van der Waals surface area contributed by atoms with Crippen molar-refractivity contribution in [3.05, 3.63) is 22.8 Å². The number of fused-ring (bicyclic) bond motifs is 4. The highest BCUT2D eigenvalue weighted by Crippen LogP contribution is 2.62. The van der Waals surface area contributed by atoms with E-state index in [0.717, 1.165) is 30.6 Å². The maximum atomic E-state index is 11.9. The van der Waals surface area contributed by atoms with Gasteiger partial charge in [0.1, 0.15) is 0 Å². The minimum absolute atomic E-state index is 0.372. The number of rotatable bonds is 4. The molecule has 2 fully saturated rings. The molecule has 4 atom stereocenters. The molecule has 0 bridgehead atoms. The molecule has 132 valence electrons. The van der Waals surface area contributed by atoms with Crippen LogP contribution in [0.2, 0.25) is 0 Å². The topological polar surface area (TPSA) is 17.1 Å². The van der Waals surface area contributed by atoms with Gasteiger partial charge in [-0.1, -0.05) is 45.1 Å². The zero-order chi connectivity index (χ0) is 16.7. The summed E-state index contributed by atoms with van der Waals surface area (Å²) in [4.78, 5) is 11.9. The SMILES string of the molecule is CCCCC[C@H]1C[C@]2(C)CCC[C@H]2[C@@H]2CCC3=CC(=O)CCC3=C12. The summed E-state index contributed by atoms with van der Waals surface area (Å²) in [6.07, 6.45) is 17.6. The van der Waals surface area contributed by atoms with Crippen LogP contribution in [-0.2, 0) is 4.79 Å². The Morgan fingerprint density at radius 1 is 1.17 bits per heavy atom. The second-order valence-electron chi connectivity index (χ2n) is 9.26. The largest absolute Gasteiger partial charge is 0.295 e. The highest BCUT2D eigenvalue weighted by atomic mass is 16.1. The van der Waals surface area contributed by atoms with Crippen LogP contribution in [0.3, 0.4) is 0 Å². The molecule has 1 nitrogen and oxygen atoms in total. The molecule has 0 aromatic heterocycles. The van der Waals surface area contributed by atoms with Crippen molar-refractivity contribution in [2.24, 2.45) is 23.2 Å². The first-order chi connectivity index (χ1) is 11.6. The summed E-state index contributed by atoms with van der Waals surface area (Å²) in [7, 11) is 0. The van der Waals surface area contributed by atoms with Crippen LogP contribution in [0.15, 0.2) is 22.8 Å². The number of carbonyl (C=O) groups is 1. The van der Waals surface area contributed by atoms with Crippen molar-refractivity contribution < 1.29 is 4.79 Å². The summed E-state index contributed by atoms with van der Waals surface area (Å²) in [5, 5.41) is 0. The van der Waals surface area contributed by atoms with E-state index in [-0.39, 0.29) is 0 Å². The van der Waals surface area contributed by atoms with E-state index in [1.54, 1.807) is 5.57 Å². The summed E-state index contributed by atoms with van der Waals surface area (Å²) in [5.41, 5.74) is 5.54. The van der Waals surface area contributed by atoms with Crippen molar-refractivity contribution >= 4 is 5.78 Å². The second-order valence-corrected chi connectivity index (χ2v) is 9.26. The number of allylic oxidation sites excluding steroid dienone is 4.